The maximum absolute atomic E-state index is 12.2. The molecule has 1 aliphatic heterocycles. The van der Waals surface area contributed by atoms with Crippen molar-refractivity contribution in [3.8, 4) is 0 Å². The minimum absolute atomic E-state index is 0.0251. The molecule has 0 aromatic rings. The lowest BCUT2D eigenvalue weighted by Crippen LogP contribution is -2.50. The van der Waals surface area contributed by atoms with Gasteiger partial charge in [0.2, 0.25) is 15.9 Å². The number of nitrogens with one attached hydrogen (secondary N) is 1. The van der Waals surface area contributed by atoms with Gasteiger partial charge in [-0.1, -0.05) is 6.92 Å². The Kier molecular flexibility index (Phi) is 5.38. The van der Waals surface area contributed by atoms with Crippen molar-refractivity contribution in [2.24, 2.45) is 5.92 Å². The van der Waals surface area contributed by atoms with Crippen molar-refractivity contribution in [2.75, 3.05) is 18.8 Å². The summed E-state index contributed by atoms with van der Waals surface area (Å²) >= 11 is 0. The molecule has 0 aromatic carbocycles. The molecule has 0 radical (unpaired) electrons. The van der Waals surface area contributed by atoms with Crippen LogP contribution in [0.15, 0.2) is 0 Å². The van der Waals surface area contributed by atoms with Crippen LogP contribution >= 0.6 is 0 Å². The van der Waals surface area contributed by atoms with E-state index < -0.39 is 10.0 Å². The predicted octanol–water partition coefficient (Wildman–Crippen LogP) is 1.35. The number of amides is 1. The van der Waals surface area contributed by atoms with E-state index in [2.05, 4.69) is 5.32 Å². The molecule has 5 nitrogen and oxygen atoms in total. The lowest BCUT2D eigenvalue weighted by molar-refractivity contribution is -0.127. The topological polar surface area (TPSA) is 66.5 Å². The van der Waals surface area contributed by atoms with E-state index in [0.717, 1.165) is 19.3 Å². The fraction of sp³-hybridized carbons (Fsp3) is 0.923. The van der Waals surface area contributed by atoms with E-state index in [1.807, 2.05) is 20.8 Å². The second-order valence-electron chi connectivity index (χ2n) is 5.82. The van der Waals surface area contributed by atoms with Gasteiger partial charge in [0.25, 0.3) is 0 Å². The fourth-order valence-corrected chi connectivity index (χ4v) is 3.30. The van der Waals surface area contributed by atoms with Gasteiger partial charge in [-0.3, -0.25) is 4.79 Å². The van der Waals surface area contributed by atoms with Crippen molar-refractivity contribution >= 4 is 15.9 Å². The molecule has 112 valence electrons. The minimum atomic E-state index is -3.18. The van der Waals surface area contributed by atoms with Crippen LogP contribution in [-0.4, -0.2) is 43.0 Å². The third kappa shape index (κ3) is 4.45. The van der Waals surface area contributed by atoms with Crippen molar-refractivity contribution < 1.29 is 13.2 Å². The van der Waals surface area contributed by atoms with Crippen LogP contribution in [0, 0.1) is 5.92 Å². The molecule has 1 amide bonds. The summed E-state index contributed by atoms with van der Waals surface area (Å²) in [4.78, 5) is 12.2. The Labute approximate surface area is 116 Å². The first-order valence-electron chi connectivity index (χ1n) is 7.01. The SMILES string of the molecule is CCC(C)(C)NC(=O)[C@@H]1CCCN(S(=O)(=O)CC)C1. The van der Waals surface area contributed by atoms with Gasteiger partial charge in [-0.05, 0) is 40.0 Å². The third-order valence-corrected chi connectivity index (χ3v) is 5.71. The molecule has 0 aliphatic carbocycles. The van der Waals surface area contributed by atoms with E-state index in [9.17, 15) is 13.2 Å². The summed E-state index contributed by atoms with van der Waals surface area (Å²) in [6, 6.07) is 0. The molecule has 1 aliphatic rings. The molecule has 1 fully saturated rings. The summed E-state index contributed by atoms with van der Waals surface area (Å²) < 4.78 is 25.2. The highest BCUT2D eigenvalue weighted by Crippen LogP contribution is 2.21. The van der Waals surface area contributed by atoms with Gasteiger partial charge >= 0.3 is 0 Å². The summed E-state index contributed by atoms with van der Waals surface area (Å²) in [6.07, 6.45) is 2.37. The molecule has 1 heterocycles. The number of sulfonamides is 1. The van der Waals surface area contributed by atoms with E-state index in [0.29, 0.717) is 13.1 Å². The third-order valence-electron chi connectivity index (χ3n) is 3.86. The van der Waals surface area contributed by atoms with Crippen LogP contribution in [0.3, 0.4) is 0 Å². The molecule has 0 aromatic heterocycles. The van der Waals surface area contributed by atoms with Gasteiger partial charge < -0.3 is 5.32 Å². The highest BCUT2D eigenvalue weighted by Gasteiger charge is 2.32. The molecular formula is C13H26N2O3S. The van der Waals surface area contributed by atoms with Crippen LogP contribution in [-0.2, 0) is 14.8 Å². The quantitative estimate of drug-likeness (QED) is 0.831. The fourth-order valence-electron chi connectivity index (χ4n) is 2.12. The number of carbonyl (C=O) groups excluding carboxylic acids is 1. The second-order valence-corrected chi connectivity index (χ2v) is 8.08. The largest absolute Gasteiger partial charge is 0.351 e. The number of hydrogen-bond donors (Lipinski definition) is 1. The number of carbonyl (C=O) groups is 1. The van der Waals surface area contributed by atoms with Crippen molar-refractivity contribution in [3.63, 3.8) is 0 Å². The summed E-state index contributed by atoms with van der Waals surface area (Å²) in [7, 11) is -3.18. The first-order chi connectivity index (χ1) is 8.72. The lowest BCUT2D eigenvalue weighted by atomic mass is 9.95. The molecule has 1 N–H and O–H groups in total. The van der Waals surface area contributed by atoms with Crippen LogP contribution in [0.25, 0.3) is 0 Å². The molecule has 0 unspecified atom stereocenters. The minimum Gasteiger partial charge on any atom is -0.351 e. The van der Waals surface area contributed by atoms with Gasteiger partial charge in [-0.2, -0.15) is 0 Å². The van der Waals surface area contributed by atoms with Crippen molar-refractivity contribution in [3.05, 3.63) is 0 Å². The highest BCUT2D eigenvalue weighted by atomic mass is 32.2. The Morgan fingerprint density at radius 1 is 1.37 bits per heavy atom. The Bertz CT molecular complexity index is 418. The Morgan fingerprint density at radius 2 is 2.00 bits per heavy atom. The Balaban J connectivity index is 2.68. The first kappa shape index (κ1) is 16.4. The second kappa shape index (κ2) is 6.22. The predicted molar refractivity (Wildman–Crippen MR) is 76.3 cm³/mol. The summed E-state index contributed by atoms with van der Waals surface area (Å²) in [5.74, 6) is -0.148. The molecule has 0 spiro atoms. The molecule has 6 heteroatoms. The van der Waals surface area contributed by atoms with Crippen molar-refractivity contribution in [1.82, 2.24) is 9.62 Å². The molecular weight excluding hydrogens is 264 g/mol. The Morgan fingerprint density at radius 3 is 2.53 bits per heavy atom. The summed E-state index contributed by atoms with van der Waals surface area (Å²) in [5, 5.41) is 3.01. The van der Waals surface area contributed by atoms with Gasteiger partial charge in [0.15, 0.2) is 0 Å². The lowest BCUT2D eigenvalue weighted by Gasteiger charge is -2.33. The molecule has 1 atom stereocenters. The molecule has 1 rings (SSSR count). The van der Waals surface area contributed by atoms with Gasteiger partial charge in [0, 0.05) is 18.6 Å². The number of hydrogen-bond acceptors (Lipinski definition) is 3. The average molecular weight is 290 g/mol. The number of piperidine rings is 1. The number of nitrogens with zero attached hydrogens (tertiary/aromatic N) is 1. The van der Waals surface area contributed by atoms with Crippen LogP contribution in [0.2, 0.25) is 0 Å². The van der Waals surface area contributed by atoms with E-state index in [1.54, 1.807) is 6.92 Å². The van der Waals surface area contributed by atoms with E-state index in [4.69, 9.17) is 0 Å². The summed E-state index contributed by atoms with van der Waals surface area (Å²) in [5.41, 5.74) is -0.233. The van der Waals surface area contributed by atoms with Crippen LogP contribution in [0.4, 0.5) is 0 Å². The zero-order chi connectivity index (χ0) is 14.7. The average Bonchev–Trinajstić information content (AvgIpc) is 2.38. The van der Waals surface area contributed by atoms with Crippen molar-refractivity contribution in [2.45, 2.75) is 52.5 Å². The molecule has 0 saturated carbocycles. The van der Waals surface area contributed by atoms with E-state index >= 15 is 0 Å². The maximum atomic E-state index is 12.2. The van der Waals surface area contributed by atoms with E-state index in [1.165, 1.54) is 4.31 Å². The maximum Gasteiger partial charge on any atom is 0.224 e. The van der Waals surface area contributed by atoms with Crippen LogP contribution in [0.5, 0.6) is 0 Å². The van der Waals surface area contributed by atoms with Crippen molar-refractivity contribution in [1.29, 1.82) is 0 Å². The van der Waals surface area contributed by atoms with Gasteiger partial charge in [0.1, 0.15) is 0 Å². The van der Waals surface area contributed by atoms with Crippen LogP contribution < -0.4 is 5.32 Å². The van der Waals surface area contributed by atoms with E-state index in [-0.39, 0.29) is 23.1 Å². The Hall–Kier alpha value is -0.620. The monoisotopic (exact) mass is 290 g/mol. The molecule has 1 saturated heterocycles. The zero-order valence-corrected chi connectivity index (χ0v) is 13.2. The van der Waals surface area contributed by atoms with Crippen LogP contribution in [0.1, 0.15) is 47.0 Å². The smallest absolute Gasteiger partial charge is 0.224 e. The van der Waals surface area contributed by atoms with Gasteiger partial charge in [-0.15, -0.1) is 0 Å². The normalized spacial score (nSPS) is 22.2. The standard InChI is InChI=1S/C13H26N2O3S/c1-5-13(3,4)14-12(16)11-8-7-9-15(10-11)19(17,18)6-2/h11H,5-10H2,1-4H3,(H,14,16)/t11-/m1/s1. The molecule has 0 bridgehead atoms. The number of rotatable bonds is 5. The summed E-state index contributed by atoms with van der Waals surface area (Å²) in [6.45, 7) is 8.48. The van der Waals surface area contributed by atoms with Gasteiger partial charge in [0.05, 0.1) is 11.7 Å². The zero-order valence-electron chi connectivity index (χ0n) is 12.4. The highest BCUT2D eigenvalue weighted by molar-refractivity contribution is 7.89. The first-order valence-corrected chi connectivity index (χ1v) is 8.62. The van der Waals surface area contributed by atoms with Gasteiger partial charge in [-0.25, -0.2) is 12.7 Å². The molecule has 19 heavy (non-hydrogen) atoms.